The smallest absolute Gasteiger partial charge is 0.0872 e. The monoisotopic (exact) mass is 289 g/mol. The summed E-state index contributed by atoms with van der Waals surface area (Å²) >= 11 is 0. The number of methoxy groups -OCH3 is 1. The van der Waals surface area contributed by atoms with Crippen LogP contribution in [-0.2, 0) is 10.2 Å². The van der Waals surface area contributed by atoms with Gasteiger partial charge in [-0.3, -0.25) is 0 Å². The highest BCUT2D eigenvalue weighted by atomic mass is 16.5. The van der Waals surface area contributed by atoms with E-state index in [4.69, 9.17) is 4.74 Å². The molecule has 0 amide bonds. The molecule has 0 aliphatic heterocycles. The molecule has 2 heteroatoms. The van der Waals surface area contributed by atoms with E-state index < -0.39 is 0 Å². The van der Waals surface area contributed by atoms with Crippen molar-refractivity contribution in [1.29, 1.82) is 0 Å². The Morgan fingerprint density at radius 3 is 2.05 bits per heavy atom. The van der Waals surface area contributed by atoms with Gasteiger partial charge in [-0.05, 0) is 36.4 Å². The summed E-state index contributed by atoms with van der Waals surface area (Å²) in [4.78, 5) is 0. The Morgan fingerprint density at radius 2 is 1.62 bits per heavy atom. The van der Waals surface area contributed by atoms with Gasteiger partial charge in [-0.1, -0.05) is 64.3 Å². The highest BCUT2D eigenvalue weighted by molar-refractivity contribution is 5.31. The molecule has 0 heterocycles. The highest BCUT2D eigenvalue weighted by Crippen LogP contribution is 2.41. The average Bonchev–Trinajstić information content (AvgIpc) is 2.48. The van der Waals surface area contributed by atoms with Crippen molar-refractivity contribution in [3.8, 4) is 0 Å². The van der Waals surface area contributed by atoms with E-state index in [1.165, 1.54) is 30.4 Å². The summed E-state index contributed by atoms with van der Waals surface area (Å²) in [7, 11) is 3.93. The van der Waals surface area contributed by atoms with Crippen LogP contribution in [0.25, 0.3) is 0 Å². The number of nitrogens with one attached hydrogen (secondary N) is 1. The third-order valence-electron chi connectivity index (χ3n) is 5.03. The number of ether oxygens (including phenoxy) is 1. The first-order valence-corrected chi connectivity index (χ1v) is 8.26. The van der Waals surface area contributed by atoms with Crippen molar-refractivity contribution in [2.75, 3.05) is 14.2 Å². The van der Waals surface area contributed by atoms with Crippen LogP contribution < -0.4 is 5.32 Å². The van der Waals surface area contributed by atoms with E-state index in [9.17, 15) is 0 Å². The van der Waals surface area contributed by atoms with Gasteiger partial charge in [0, 0.05) is 7.11 Å². The Hall–Kier alpha value is -0.860. The molecule has 2 nitrogen and oxygen atoms in total. The summed E-state index contributed by atoms with van der Waals surface area (Å²) in [6, 6.07) is 9.36. The maximum atomic E-state index is 6.02. The van der Waals surface area contributed by atoms with Crippen molar-refractivity contribution < 1.29 is 4.74 Å². The molecule has 0 saturated heterocycles. The first-order chi connectivity index (χ1) is 9.93. The van der Waals surface area contributed by atoms with Gasteiger partial charge in [0.1, 0.15) is 0 Å². The molecule has 1 fully saturated rings. The minimum atomic E-state index is -0.0454. The lowest BCUT2D eigenvalue weighted by atomic mass is 9.76. The lowest BCUT2D eigenvalue weighted by Gasteiger charge is -2.42. The van der Waals surface area contributed by atoms with Crippen LogP contribution >= 0.6 is 0 Å². The molecule has 1 unspecified atom stereocenters. The standard InChI is InChI=1S/C19H31NO/c1-18(2,3)16-11-9-15(10-12-16)17(20-4)19(21-5)13-7-6-8-14-19/h9-12,17,20H,6-8,13-14H2,1-5H3. The SMILES string of the molecule is CNC(c1ccc(C(C)(C)C)cc1)C1(OC)CCCCC1. The van der Waals surface area contributed by atoms with Gasteiger partial charge in [0.05, 0.1) is 11.6 Å². The second-order valence-electron chi connectivity index (χ2n) is 7.42. The Bertz CT molecular complexity index is 438. The largest absolute Gasteiger partial charge is 0.376 e. The molecule has 1 aromatic carbocycles. The zero-order chi connectivity index (χ0) is 15.5. The second kappa shape index (κ2) is 6.50. The van der Waals surface area contributed by atoms with Crippen molar-refractivity contribution in [2.45, 2.75) is 69.9 Å². The van der Waals surface area contributed by atoms with Crippen LogP contribution in [-0.4, -0.2) is 19.8 Å². The predicted molar refractivity (Wildman–Crippen MR) is 89.8 cm³/mol. The highest BCUT2D eigenvalue weighted by Gasteiger charge is 2.40. The fourth-order valence-corrected chi connectivity index (χ4v) is 3.67. The summed E-state index contributed by atoms with van der Waals surface area (Å²) in [5, 5.41) is 3.51. The van der Waals surface area contributed by atoms with Crippen LogP contribution in [0.4, 0.5) is 0 Å². The van der Waals surface area contributed by atoms with Gasteiger partial charge in [-0.15, -0.1) is 0 Å². The summed E-state index contributed by atoms with van der Waals surface area (Å²) in [6.07, 6.45) is 6.18. The molecule has 1 N–H and O–H groups in total. The number of hydrogen-bond acceptors (Lipinski definition) is 2. The number of rotatable bonds is 4. The van der Waals surface area contributed by atoms with E-state index in [2.05, 4.69) is 57.4 Å². The summed E-state index contributed by atoms with van der Waals surface area (Å²) < 4.78 is 6.02. The predicted octanol–water partition coefficient (Wildman–Crippen LogP) is 4.59. The second-order valence-corrected chi connectivity index (χ2v) is 7.42. The van der Waals surface area contributed by atoms with Crippen LogP contribution in [0.3, 0.4) is 0 Å². The van der Waals surface area contributed by atoms with Gasteiger partial charge in [0.2, 0.25) is 0 Å². The van der Waals surface area contributed by atoms with Crippen LogP contribution in [0, 0.1) is 0 Å². The van der Waals surface area contributed by atoms with Crippen molar-refractivity contribution in [3.63, 3.8) is 0 Å². The molecule has 1 aliphatic rings. The fraction of sp³-hybridized carbons (Fsp3) is 0.684. The van der Waals surface area contributed by atoms with E-state index in [1.807, 2.05) is 7.11 Å². The van der Waals surface area contributed by atoms with Gasteiger partial charge in [-0.2, -0.15) is 0 Å². The number of benzene rings is 1. The zero-order valence-corrected chi connectivity index (χ0v) is 14.3. The summed E-state index contributed by atoms with van der Waals surface area (Å²) in [5.74, 6) is 0. The van der Waals surface area contributed by atoms with Crippen LogP contribution in [0.1, 0.15) is 70.0 Å². The Morgan fingerprint density at radius 1 is 1.05 bits per heavy atom. The molecule has 118 valence electrons. The average molecular weight is 289 g/mol. The van der Waals surface area contributed by atoms with E-state index >= 15 is 0 Å². The van der Waals surface area contributed by atoms with Gasteiger partial charge in [0.15, 0.2) is 0 Å². The molecule has 2 rings (SSSR count). The van der Waals surface area contributed by atoms with Gasteiger partial charge in [-0.25, -0.2) is 0 Å². The molecule has 1 aliphatic carbocycles. The molecule has 1 saturated carbocycles. The molecular formula is C19H31NO. The van der Waals surface area contributed by atoms with E-state index in [0.29, 0.717) is 0 Å². The number of likely N-dealkylation sites (N-methyl/N-ethyl adjacent to an activating group) is 1. The Kier molecular flexibility index (Phi) is 5.11. The maximum absolute atomic E-state index is 6.02. The van der Waals surface area contributed by atoms with Crippen molar-refractivity contribution >= 4 is 0 Å². The molecule has 0 aromatic heterocycles. The maximum Gasteiger partial charge on any atom is 0.0872 e. The minimum Gasteiger partial charge on any atom is -0.376 e. The molecule has 1 aromatic rings. The first-order valence-electron chi connectivity index (χ1n) is 8.26. The Balaban J connectivity index is 2.28. The van der Waals surface area contributed by atoms with Gasteiger partial charge >= 0.3 is 0 Å². The topological polar surface area (TPSA) is 21.3 Å². The van der Waals surface area contributed by atoms with E-state index in [0.717, 1.165) is 12.8 Å². The lowest BCUT2D eigenvalue weighted by Crippen LogP contribution is -2.46. The first kappa shape index (κ1) is 16.5. The van der Waals surface area contributed by atoms with Crippen LogP contribution in [0.2, 0.25) is 0 Å². The summed E-state index contributed by atoms with van der Waals surface area (Å²) in [5.41, 5.74) is 2.89. The Labute approximate surface area is 130 Å². The zero-order valence-electron chi connectivity index (χ0n) is 14.3. The molecular weight excluding hydrogens is 258 g/mol. The van der Waals surface area contributed by atoms with E-state index in [-0.39, 0.29) is 17.1 Å². The van der Waals surface area contributed by atoms with E-state index in [1.54, 1.807) is 0 Å². The molecule has 0 spiro atoms. The normalized spacial score (nSPS) is 20.2. The fourth-order valence-electron chi connectivity index (χ4n) is 3.67. The molecule has 0 bridgehead atoms. The van der Waals surface area contributed by atoms with Crippen LogP contribution in [0.15, 0.2) is 24.3 Å². The van der Waals surface area contributed by atoms with Crippen molar-refractivity contribution in [3.05, 3.63) is 35.4 Å². The summed E-state index contributed by atoms with van der Waals surface area (Å²) in [6.45, 7) is 6.78. The minimum absolute atomic E-state index is 0.0454. The third-order valence-corrected chi connectivity index (χ3v) is 5.03. The number of hydrogen-bond donors (Lipinski definition) is 1. The van der Waals surface area contributed by atoms with Gasteiger partial charge in [0.25, 0.3) is 0 Å². The lowest BCUT2D eigenvalue weighted by molar-refractivity contribution is -0.0671. The molecule has 21 heavy (non-hydrogen) atoms. The molecule has 0 radical (unpaired) electrons. The van der Waals surface area contributed by atoms with Gasteiger partial charge < -0.3 is 10.1 Å². The van der Waals surface area contributed by atoms with Crippen LogP contribution in [0.5, 0.6) is 0 Å². The quantitative estimate of drug-likeness (QED) is 0.875. The van der Waals surface area contributed by atoms with Crippen molar-refractivity contribution in [1.82, 2.24) is 5.32 Å². The molecule has 1 atom stereocenters. The third kappa shape index (κ3) is 3.49. The van der Waals surface area contributed by atoms with Crippen molar-refractivity contribution in [2.24, 2.45) is 0 Å².